The van der Waals surface area contributed by atoms with Crippen LogP contribution in [-0.2, 0) is 10.0 Å². The number of nitrogens with one attached hydrogen (secondary N) is 1. The first-order valence-corrected chi connectivity index (χ1v) is 12.0. The van der Waals surface area contributed by atoms with Gasteiger partial charge in [0.05, 0.1) is 22.2 Å². The predicted molar refractivity (Wildman–Crippen MR) is 125 cm³/mol. The molecular weight excluding hydrogens is 456 g/mol. The summed E-state index contributed by atoms with van der Waals surface area (Å²) in [5.41, 5.74) is 0.508. The number of carbonyl (C=O) groups excluding carboxylic acids is 1. The molecule has 1 aromatic heterocycles. The Bertz CT molecular complexity index is 1210. The van der Waals surface area contributed by atoms with Crippen LogP contribution < -0.4 is 9.62 Å². The predicted octanol–water partition coefficient (Wildman–Crippen LogP) is 4.95. The number of amides is 1. The second kappa shape index (κ2) is 9.59. The molecule has 0 unspecified atom stereocenters. The van der Waals surface area contributed by atoms with Gasteiger partial charge in [0.1, 0.15) is 5.01 Å². The lowest BCUT2D eigenvalue weighted by molar-refractivity contribution is 0.102. The van der Waals surface area contributed by atoms with Crippen LogP contribution in [0.5, 0.6) is 0 Å². The first-order chi connectivity index (χ1) is 14.7. The molecule has 0 saturated heterocycles. The molecule has 31 heavy (non-hydrogen) atoms. The molecule has 0 fully saturated rings. The topological polar surface area (TPSA) is 92.3 Å². The fourth-order valence-corrected chi connectivity index (χ4v) is 5.24. The second-order valence-corrected chi connectivity index (χ2v) is 10.1. The lowest BCUT2D eigenvalue weighted by Crippen LogP contribution is -2.31. The summed E-state index contributed by atoms with van der Waals surface area (Å²) in [5.74, 6) is -0.284. The summed E-state index contributed by atoms with van der Waals surface area (Å²) < 4.78 is 27.9. The number of para-hydroxylation sites is 1. The van der Waals surface area contributed by atoms with E-state index in [4.69, 9.17) is 11.6 Å². The number of hydrogen-bond donors (Lipinski definition) is 1. The van der Waals surface area contributed by atoms with Gasteiger partial charge in [-0.05, 0) is 30.3 Å². The first-order valence-electron chi connectivity index (χ1n) is 9.37. The van der Waals surface area contributed by atoms with Crippen molar-refractivity contribution in [1.82, 2.24) is 10.2 Å². The van der Waals surface area contributed by atoms with E-state index in [1.807, 2.05) is 13.8 Å². The molecule has 0 aliphatic rings. The van der Waals surface area contributed by atoms with Crippen molar-refractivity contribution in [3.05, 3.63) is 76.8 Å². The monoisotopic (exact) mass is 476 g/mol. The highest BCUT2D eigenvalue weighted by atomic mass is 35.5. The van der Waals surface area contributed by atoms with Crippen molar-refractivity contribution in [3.8, 4) is 0 Å². The van der Waals surface area contributed by atoms with E-state index in [0.29, 0.717) is 15.8 Å². The standard InChI is InChI=1S/C21H21ClN4O3S2/c1-4-12-26(18-11-6-5-10-17(18)22)31(28,29)16-9-7-8-15(13-16)19(27)23-21-25-24-20(30-21)14(2)3/h4-11,13-14H,1,12H2,2-3H3,(H,23,25,27). The number of sulfonamides is 1. The Balaban J connectivity index is 1.92. The van der Waals surface area contributed by atoms with Crippen LogP contribution in [-0.4, -0.2) is 31.1 Å². The molecule has 162 valence electrons. The van der Waals surface area contributed by atoms with Crippen LogP contribution >= 0.6 is 22.9 Å². The maximum Gasteiger partial charge on any atom is 0.264 e. The number of carbonyl (C=O) groups is 1. The van der Waals surface area contributed by atoms with Crippen molar-refractivity contribution in [1.29, 1.82) is 0 Å². The molecule has 0 saturated carbocycles. The summed E-state index contributed by atoms with van der Waals surface area (Å²) in [4.78, 5) is 12.6. The molecule has 2 aromatic carbocycles. The molecule has 0 radical (unpaired) electrons. The Morgan fingerprint density at radius 3 is 2.61 bits per heavy atom. The summed E-state index contributed by atoms with van der Waals surface area (Å²) in [6, 6.07) is 12.4. The number of nitrogens with zero attached hydrogens (tertiary/aromatic N) is 3. The summed E-state index contributed by atoms with van der Waals surface area (Å²) in [7, 11) is -4.00. The Morgan fingerprint density at radius 2 is 1.97 bits per heavy atom. The highest BCUT2D eigenvalue weighted by Gasteiger charge is 2.26. The molecule has 0 bridgehead atoms. The van der Waals surface area contributed by atoms with E-state index in [9.17, 15) is 13.2 Å². The molecule has 0 atom stereocenters. The molecule has 1 N–H and O–H groups in total. The maximum atomic E-state index is 13.4. The number of benzene rings is 2. The molecule has 0 aliphatic heterocycles. The van der Waals surface area contributed by atoms with Crippen molar-refractivity contribution < 1.29 is 13.2 Å². The second-order valence-electron chi connectivity index (χ2n) is 6.86. The molecule has 7 nitrogen and oxygen atoms in total. The van der Waals surface area contributed by atoms with Gasteiger partial charge in [-0.3, -0.25) is 14.4 Å². The molecule has 0 aliphatic carbocycles. The maximum absolute atomic E-state index is 13.4. The third-order valence-corrected chi connectivity index (χ3v) is 7.49. The van der Waals surface area contributed by atoms with Crippen molar-refractivity contribution in [2.24, 2.45) is 0 Å². The Hall–Kier alpha value is -2.75. The average molecular weight is 477 g/mol. The van der Waals surface area contributed by atoms with Gasteiger partial charge in [0.25, 0.3) is 15.9 Å². The zero-order valence-electron chi connectivity index (χ0n) is 16.9. The van der Waals surface area contributed by atoms with Crippen LogP contribution in [0.1, 0.15) is 35.1 Å². The number of hydrogen-bond acceptors (Lipinski definition) is 6. The lowest BCUT2D eigenvalue weighted by Gasteiger charge is -2.24. The Labute approximate surface area is 190 Å². The molecule has 10 heteroatoms. The smallest absolute Gasteiger partial charge is 0.264 e. The minimum atomic E-state index is -4.00. The number of anilines is 2. The zero-order chi connectivity index (χ0) is 22.6. The van der Waals surface area contributed by atoms with Crippen molar-refractivity contribution in [3.63, 3.8) is 0 Å². The average Bonchev–Trinajstić information content (AvgIpc) is 3.21. The quantitative estimate of drug-likeness (QED) is 0.464. The minimum Gasteiger partial charge on any atom is -0.296 e. The van der Waals surface area contributed by atoms with E-state index in [2.05, 4.69) is 22.1 Å². The van der Waals surface area contributed by atoms with E-state index in [-0.39, 0.29) is 22.9 Å². The minimum absolute atomic E-state index is 0.0191. The first kappa shape index (κ1) is 22.9. The van der Waals surface area contributed by atoms with Gasteiger partial charge in [-0.2, -0.15) is 0 Å². The lowest BCUT2D eigenvalue weighted by atomic mass is 10.2. The molecule has 0 spiro atoms. The SMILES string of the molecule is C=CCN(c1ccccc1Cl)S(=O)(=O)c1cccc(C(=O)Nc2nnc(C(C)C)s2)c1. The largest absolute Gasteiger partial charge is 0.296 e. The van der Waals surface area contributed by atoms with Crippen LogP contribution in [0.3, 0.4) is 0 Å². The third kappa shape index (κ3) is 5.12. The van der Waals surface area contributed by atoms with Crippen molar-refractivity contribution in [2.75, 3.05) is 16.2 Å². The van der Waals surface area contributed by atoms with Crippen LogP contribution in [0, 0.1) is 0 Å². The molecule has 3 rings (SSSR count). The van der Waals surface area contributed by atoms with Gasteiger partial charge >= 0.3 is 0 Å². The van der Waals surface area contributed by atoms with Crippen LogP contribution in [0.2, 0.25) is 5.02 Å². The molecular formula is C21H21ClN4O3S2. The van der Waals surface area contributed by atoms with Crippen molar-refractivity contribution in [2.45, 2.75) is 24.7 Å². The van der Waals surface area contributed by atoms with Gasteiger partial charge in [-0.1, -0.05) is 61.1 Å². The number of halogens is 1. The van der Waals surface area contributed by atoms with Crippen LogP contribution in [0.25, 0.3) is 0 Å². The highest BCUT2D eigenvalue weighted by Crippen LogP contribution is 2.30. The fraction of sp³-hybridized carbons (Fsp3) is 0.190. The van der Waals surface area contributed by atoms with E-state index < -0.39 is 15.9 Å². The van der Waals surface area contributed by atoms with Gasteiger partial charge in [0.15, 0.2) is 0 Å². The summed E-state index contributed by atoms with van der Waals surface area (Å²) in [6.45, 7) is 7.63. The van der Waals surface area contributed by atoms with Crippen molar-refractivity contribution >= 4 is 49.7 Å². The van der Waals surface area contributed by atoms with Gasteiger partial charge < -0.3 is 0 Å². The summed E-state index contributed by atoms with van der Waals surface area (Å²) in [6.07, 6.45) is 1.47. The van der Waals surface area contributed by atoms with E-state index in [1.165, 1.54) is 41.7 Å². The fourth-order valence-electron chi connectivity index (χ4n) is 2.71. The highest BCUT2D eigenvalue weighted by molar-refractivity contribution is 7.92. The summed E-state index contributed by atoms with van der Waals surface area (Å²) >= 11 is 7.51. The van der Waals surface area contributed by atoms with Crippen LogP contribution in [0.15, 0.2) is 66.1 Å². The summed E-state index contributed by atoms with van der Waals surface area (Å²) in [5, 5.41) is 12.1. The van der Waals surface area contributed by atoms with Crippen LogP contribution in [0.4, 0.5) is 10.8 Å². The molecule has 3 aromatic rings. The Morgan fingerprint density at radius 1 is 1.23 bits per heavy atom. The zero-order valence-corrected chi connectivity index (χ0v) is 19.3. The van der Waals surface area contributed by atoms with Gasteiger partial charge in [0, 0.05) is 11.5 Å². The van der Waals surface area contributed by atoms with Gasteiger partial charge in [0.2, 0.25) is 5.13 Å². The van der Waals surface area contributed by atoms with Gasteiger partial charge in [-0.25, -0.2) is 8.42 Å². The number of rotatable bonds is 8. The molecule has 1 amide bonds. The Kier molecular flexibility index (Phi) is 7.09. The van der Waals surface area contributed by atoms with E-state index in [1.54, 1.807) is 24.3 Å². The molecule has 1 heterocycles. The normalized spacial score (nSPS) is 11.4. The van der Waals surface area contributed by atoms with Gasteiger partial charge in [-0.15, -0.1) is 16.8 Å². The van der Waals surface area contributed by atoms with E-state index >= 15 is 0 Å². The van der Waals surface area contributed by atoms with E-state index in [0.717, 1.165) is 9.31 Å². The third-order valence-electron chi connectivity index (χ3n) is 4.26. The number of aromatic nitrogens is 2.